The topological polar surface area (TPSA) is 75.6 Å². The van der Waals surface area contributed by atoms with E-state index in [1.807, 2.05) is 72.8 Å². The number of hydrogen-bond donors (Lipinski definition) is 2. The van der Waals surface area contributed by atoms with E-state index in [-0.39, 0.29) is 17.8 Å². The number of cyclic esters (lactones) is 1. The molecule has 0 aromatic heterocycles. The Morgan fingerprint density at radius 3 is 2.07 bits per heavy atom. The predicted molar refractivity (Wildman–Crippen MR) is 110 cm³/mol. The van der Waals surface area contributed by atoms with E-state index in [9.17, 15) is 14.7 Å². The molecule has 0 saturated carbocycles. The van der Waals surface area contributed by atoms with Gasteiger partial charge in [-0.15, -0.1) is 0 Å². The average molecular weight is 385 g/mol. The Labute approximate surface area is 168 Å². The second kappa shape index (κ2) is 8.02. The zero-order valence-electron chi connectivity index (χ0n) is 15.5. The number of carbonyl (C=O) groups is 2. The number of carbonyl (C=O) groups excluding carboxylic acids is 2. The molecule has 1 amide bonds. The molecule has 0 aliphatic carbocycles. The molecule has 1 aliphatic heterocycles. The molecule has 5 heteroatoms. The minimum Gasteiger partial charge on any atom is -0.511 e. The van der Waals surface area contributed by atoms with Crippen molar-refractivity contribution in [3.63, 3.8) is 0 Å². The van der Waals surface area contributed by atoms with Crippen LogP contribution in [0.5, 0.6) is 0 Å². The van der Waals surface area contributed by atoms with Crippen LogP contribution in [0.4, 0.5) is 5.69 Å². The van der Waals surface area contributed by atoms with Crippen molar-refractivity contribution in [2.75, 3.05) is 5.32 Å². The summed E-state index contributed by atoms with van der Waals surface area (Å²) >= 11 is 0. The third-order valence-corrected chi connectivity index (χ3v) is 4.77. The van der Waals surface area contributed by atoms with Crippen LogP contribution in [0, 0.1) is 0 Å². The first-order valence-electron chi connectivity index (χ1n) is 9.26. The number of esters is 1. The standard InChI is InChI=1S/C24H19NO4/c26-20-15-21(18-9-5-2-6-10-18)29-24(28)22(20)23(27)25-19-13-11-17(12-14-19)16-7-3-1-4-8-16/h1-14,21,26H,15H2,(H,25,27). The number of benzene rings is 3. The van der Waals surface area contributed by atoms with Crippen molar-refractivity contribution in [1.82, 2.24) is 0 Å². The maximum atomic E-state index is 12.6. The fourth-order valence-electron chi connectivity index (χ4n) is 3.27. The zero-order chi connectivity index (χ0) is 20.2. The Morgan fingerprint density at radius 2 is 1.45 bits per heavy atom. The third-order valence-electron chi connectivity index (χ3n) is 4.77. The molecule has 4 rings (SSSR count). The van der Waals surface area contributed by atoms with Crippen LogP contribution in [0.25, 0.3) is 11.1 Å². The summed E-state index contributed by atoms with van der Waals surface area (Å²) in [4.78, 5) is 24.9. The van der Waals surface area contributed by atoms with Gasteiger partial charge in [0.05, 0.1) is 0 Å². The van der Waals surface area contributed by atoms with E-state index in [2.05, 4.69) is 5.32 Å². The minimum atomic E-state index is -0.832. The molecule has 0 saturated heterocycles. The number of aliphatic hydroxyl groups excluding tert-OH is 1. The van der Waals surface area contributed by atoms with E-state index < -0.39 is 18.0 Å². The van der Waals surface area contributed by atoms with E-state index >= 15 is 0 Å². The Kier molecular flexibility index (Phi) is 5.12. The molecule has 3 aromatic carbocycles. The zero-order valence-corrected chi connectivity index (χ0v) is 15.5. The lowest BCUT2D eigenvalue weighted by atomic mass is 10.00. The fraction of sp³-hybridized carbons (Fsp3) is 0.0833. The Bertz CT molecular complexity index is 1060. The summed E-state index contributed by atoms with van der Waals surface area (Å²) in [6, 6.07) is 26.2. The van der Waals surface area contributed by atoms with Crippen molar-refractivity contribution in [1.29, 1.82) is 0 Å². The SMILES string of the molecule is O=C(Nc1ccc(-c2ccccc2)cc1)C1=C(O)CC(c2ccccc2)OC1=O. The molecular weight excluding hydrogens is 366 g/mol. The van der Waals surface area contributed by atoms with E-state index in [0.29, 0.717) is 5.69 Å². The lowest BCUT2D eigenvalue weighted by Crippen LogP contribution is -2.29. The van der Waals surface area contributed by atoms with E-state index in [1.54, 1.807) is 12.1 Å². The second-order valence-corrected chi connectivity index (χ2v) is 6.73. The quantitative estimate of drug-likeness (QED) is 0.500. The highest BCUT2D eigenvalue weighted by molar-refractivity contribution is 6.21. The predicted octanol–water partition coefficient (Wildman–Crippen LogP) is 4.79. The molecular formula is C24H19NO4. The van der Waals surface area contributed by atoms with Gasteiger partial charge in [-0.3, -0.25) is 4.79 Å². The first-order valence-corrected chi connectivity index (χ1v) is 9.26. The minimum absolute atomic E-state index is 0.0610. The van der Waals surface area contributed by atoms with Gasteiger partial charge in [0.25, 0.3) is 5.91 Å². The second-order valence-electron chi connectivity index (χ2n) is 6.73. The normalized spacial score (nSPS) is 16.3. The summed E-state index contributed by atoms with van der Waals surface area (Å²) in [5.74, 6) is -1.79. The molecule has 0 spiro atoms. The summed E-state index contributed by atoms with van der Waals surface area (Å²) in [5.41, 5.74) is 3.00. The summed E-state index contributed by atoms with van der Waals surface area (Å²) in [5, 5.41) is 13.0. The number of ether oxygens (including phenoxy) is 1. The highest BCUT2D eigenvalue weighted by Gasteiger charge is 2.34. The number of amides is 1. The van der Waals surface area contributed by atoms with Crippen molar-refractivity contribution in [3.8, 4) is 11.1 Å². The molecule has 1 heterocycles. The Morgan fingerprint density at radius 1 is 0.862 bits per heavy atom. The van der Waals surface area contributed by atoms with Gasteiger partial charge in [-0.05, 0) is 28.8 Å². The summed E-state index contributed by atoms with van der Waals surface area (Å²) in [6.45, 7) is 0. The van der Waals surface area contributed by atoms with Gasteiger partial charge in [0.2, 0.25) is 0 Å². The maximum Gasteiger partial charge on any atom is 0.347 e. The molecule has 5 nitrogen and oxygen atoms in total. The molecule has 3 aromatic rings. The van der Waals surface area contributed by atoms with Crippen LogP contribution in [0.2, 0.25) is 0 Å². The number of hydrogen-bond acceptors (Lipinski definition) is 4. The van der Waals surface area contributed by atoms with Crippen LogP contribution >= 0.6 is 0 Å². The molecule has 1 aliphatic rings. The van der Waals surface area contributed by atoms with Crippen LogP contribution in [0.3, 0.4) is 0 Å². The number of aliphatic hydroxyl groups is 1. The van der Waals surface area contributed by atoms with Gasteiger partial charge in [0.1, 0.15) is 11.9 Å². The number of anilines is 1. The molecule has 1 unspecified atom stereocenters. The molecule has 1 atom stereocenters. The van der Waals surface area contributed by atoms with Gasteiger partial charge in [-0.2, -0.15) is 0 Å². The van der Waals surface area contributed by atoms with E-state index in [0.717, 1.165) is 16.7 Å². The van der Waals surface area contributed by atoms with Crippen molar-refractivity contribution < 1.29 is 19.4 Å². The molecule has 0 fully saturated rings. The first kappa shape index (κ1) is 18.5. The molecule has 0 radical (unpaired) electrons. The molecule has 29 heavy (non-hydrogen) atoms. The Hall–Kier alpha value is -3.86. The summed E-state index contributed by atoms with van der Waals surface area (Å²) < 4.78 is 5.37. The lowest BCUT2D eigenvalue weighted by Gasteiger charge is -2.24. The van der Waals surface area contributed by atoms with Crippen molar-refractivity contribution in [2.24, 2.45) is 0 Å². The summed E-state index contributed by atoms with van der Waals surface area (Å²) in [6.07, 6.45) is -0.545. The van der Waals surface area contributed by atoms with Gasteiger partial charge < -0.3 is 15.2 Å². The smallest absolute Gasteiger partial charge is 0.347 e. The number of nitrogens with one attached hydrogen (secondary N) is 1. The van der Waals surface area contributed by atoms with Crippen LogP contribution in [0.1, 0.15) is 18.1 Å². The van der Waals surface area contributed by atoms with Gasteiger partial charge >= 0.3 is 5.97 Å². The Balaban J connectivity index is 1.49. The third kappa shape index (κ3) is 4.04. The lowest BCUT2D eigenvalue weighted by molar-refractivity contribution is -0.148. The molecule has 2 N–H and O–H groups in total. The van der Waals surface area contributed by atoms with Crippen LogP contribution in [-0.4, -0.2) is 17.0 Å². The maximum absolute atomic E-state index is 12.6. The first-order chi connectivity index (χ1) is 14.1. The highest BCUT2D eigenvalue weighted by atomic mass is 16.5. The summed E-state index contributed by atoms with van der Waals surface area (Å²) in [7, 11) is 0. The van der Waals surface area contributed by atoms with Gasteiger partial charge in [0.15, 0.2) is 5.57 Å². The molecule has 0 bridgehead atoms. The number of rotatable bonds is 4. The van der Waals surface area contributed by atoms with Gasteiger partial charge in [-0.25, -0.2) is 4.79 Å². The van der Waals surface area contributed by atoms with E-state index in [1.165, 1.54) is 0 Å². The fourth-order valence-corrected chi connectivity index (χ4v) is 3.27. The van der Waals surface area contributed by atoms with Crippen LogP contribution in [0.15, 0.2) is 96.3 Å². The van der Waals surface area contributed by atoms with Crippen molar-refractivity contribution >= 4 is 17.6 Å². The van der Waals surface area contributed by atoms with Crippen LogP contribution < -0.4 is 5.32 Å². The monoisotopic (exact) mass is 385 g/mol. The highest BCUT2D eigenvalue weighted by Crippen LogP contribution is 2.31. The molecule has 144 valence electrons. The van der Waals surface area contributed by atoms with Gasteiger partial charge in [0, 0.05) is 12.1 Å². The van der Waals surface area contributed by atoms with Crippen molar-refractivity contribution in [3.05, 3.63) is 102 Å². The van der Waals surface area contributed by atoms with Crippen LogP contribution in [-0.2, 0) is 14.3 Å². The van der Waals surface area contributed by atoms with E-state index in [4.69, 9.17) is 4.74 Å². The largest absolute Gasteiger partial charge is 0.511 e. The van der Waals surface area contributed by atoms with Crippen molar-refractivity contribution in [2.45, 2.75) is 12.5 Å². The van der Waals surface area contributed by atoms with Gasteiger partial charge in [-0.1, -0.05) is 72.8 Å². The average Bonchev–Trinajstić information content (AvgIpc) is 2.75.